The Morgan fingerprint density at radius 1 is 1.60 bits per heavy atom. The molecule has 0 aliphatic rings. The molecular formula is C15H22BrN3O. The van der Waals surface area contributed by atoms with Crippen LogP contribution in [0.4, 0.5) is 5.69 Å². The molecule has 4 nitrogen and oxygen atoms in total. The maximum atomic E-state index is 5.78. The summed E-state index contributed by atoms with van der Waals surface area (Å²) in [6, 6.07) is 1.93. The van der Waals surface area contributed by atoms with Gasteiger partial charge in [0.1, 0.15) is 6.10 Å². The number of pyridine rings is 1. The van der Waals surface area contributed by atoms with Gasteiger partial charge in [-0.3, -0.25) is 0 Å². The molecule has 1 rings (SSSR count). The van der Waals surface area contributed by atoms with Crippen LogP contribution in [0.15, 0.2) is 28.2 Å². The van der Waals surface area contributed by atoms with Crippen molar-refractivity contribution in [2.75, 3.05) is 13.6 Å². The summed E-state index contributed by atoms with van der Waals surface area (Å²) >= 11 is 3.48. The molecule has 0 unspecified atom stereocenters. The zero-order valence-corrected chi connectivity index (χ0v) is 14.1. The fraction of sp³-hybridized carbons (Fsp3) is 0.467. The molecule has 1 aromatic rings. The molecule has 0 N–H and O–H groups in total. The van der Waals surface area contributed by atoms with Gasteiger partial charge in [0.05, 0.1) is 22.2 Å². The fourth-order valence-electron chi connectivity index (χ4n) is 1.48. The Morgan fingerprint density at radius 2 is 2.30 bits per heavy atom. The molecule has 0 aliphatic carbocycles. The topological polar surface area (TPSA) is 37.7 Å². The predicted molar refractivity (Wildman–Crippen MR) is 88.0 cm³/mol. The highest BCUT2D eigenvalue weighted by Gasteiger charge is 2.11. The zero-order chi connectivity index (χ0) is 15.1. The van der Waals surface area contributed by atoms with Gasteiger partial charge in [-0.05, 0) is 42.8 Å². The number of halogens is 1. The van der Waals surface area contributed by atoms with Crippen molar-refractivity contribution in [2.45, 2.75) is 33.3 Å². The Bertz CT molecular complexity index is 488. The van der Waals surface area contributed by atoms with Crippen molar-refractivity contribution in [3.63, 3.8) is 0 Å². The van der Waals surface area contributed by atoms with Crippen molar-refractivity contribution in [1.29, 1.82) is 0 Å². The second kappa shape index (κ2) is 8.04. The Balaban J connectivity index is 2.91. The third-order valence-corrected chi connectivity index (χ3v) is 3.38. The first kappa shape index (κ1) is 16.7. The van der Waals surface area contributed by atoms with Gasteiger partial charge in [0, 0.05) is 20.0 Å². The van der Waals surface area contributed by atoms with Crippen LogP contribution in [-0.2, 0) is 0 Å². The molecule has 0 spiro atoms. The van der Waals surface area contributed by atoms with Crippen LogP contribution in [0.2, 0.25) is 0 Å². The number of ether oxygens (including phenoxy) is 1. The van der Waals surface area contributed by atoms with Crippen LogP contribution in [0.25, 0.3) is 0 Å². The van der Waals surface area contributed by atoms with Crippen molar-refractivity contribution < 1.29 is 4.74 Å². The van der Waals surface area contributed by atoms with Gasteiger partial charge in [-0.25, -0.2) is 9.98 Å². The van der Waals surface area contributed by atoms with E-state index < -0.39 is 0 Å². The summed E-state index contributed by atoms with van der Waals surface area (Å²) in [6.07, 6.45) is 4.48. The first-order valence-electron chi connectivity index (χ1n) is 6.67. The smallest absolute Gasteiger partial charge is 0.228 e. The number of hydrogen-bond acceptors (Lipinski definition) is 3. The molecule has 0 saturated carbocycles. The summed E-state index contributed by atoms with van der Waals surface area (Å²) in [5.41, 5.74) is 1.68. The van der Waals surface area contributed by atoms with Crippen molar-refractivity contribution in [1.82, 2.24) is 9.88 Å². The van der Waals surface area contributed by atoms with Crippen LogP contribution < -0.4 is 4.74 Å². The van der Waals surface area contributed by atoms with Crippen LogP contribution in [0, 0.1) is 6.92 Å². The van der Waals surface area contributed by atoms with E-state index in [2.05, 4.69) is 39.4 Å². The Kier molecular flexibility index (Phi) is 6.71. The lowest BCUT2D eigenvalue weighted by atomic mass is 10.3. The van der Waals surface area contributed by atoms with Gasteiger partial charge in [-0.2, -0.15) is 0 Å². The quantitative estimate of drug-likeness (QED) is 0.426. The van der Waals surface area contributed by atoms with Gasteiger partial charge >= 0.3 is 0 Å². The van der Waals surface area contributed by atoms with E-state index in [0.717, 1.165) is 28.8 Å². The molecule has 1 atom stereocenters. The van der Waals surface area contributed by atoms with Crippen LogP contribution in [-0.4, -0.2) is 35.9 Å². The van der Waals surface area contributed by atoms with Crippen molar-refractivity contribution in [2.24, 2.45) is 4.99 Å². The minimum Gasteiger partial charge on any atom is -0.474 e. The molecule has 0 aliphatic heterocycles. The average Bonchev–Trinajstić information content (AvgIpc) is 2.40. The van der Waals surface area contributed by atoms with Crippen molar-refractivity contribution in [3.8, 4) is 5.88 Å². The minimum absolute atomic E-state index is 0.0521. The number of hydrogen-bond donors (Lipinski definition) is 0. The molecule has 0 fully saturated rings. The molecular weight excluding hydrogens is 318 g/mol. The Labute approximate surface area is 129 Å². The maximum absolute atomic E-state index is 5.78. The van der Waals surface area contributed by atoms with Crippen molar-refractivity contribution >= 4 is 28.0 Å². The second-order valence-corrected chi connectivity index (χ2v) is 5.50. The number of rotatable bonds is 7. The molecule has 0 bridgehead atoms. The molecule has 20 heavy (non-hydrogen) atoms. The minimum atomic E-state index is 0.0521. The lowest BCUT2D eigenvalue weighted by molar-refractivity contribution is 0.214. The number of aromatic nitrogens is 1. The SMILES string of the molecule is C=CC[C@H](C)Oc1nc(C)c(/N=C/N(C)CC)cc1Br. The van der Waals surface area contributed by atoms with Crippen LogP contribution >= 0.6 is 15.9 Å². The van der Waals surface area contributed by atoms with Crippen LogP contribution in [0.5, 0.6) is 5.88 Å². The number of aryl methyl sites for hydroxylation is 1. The summed E-state index contributed by atoms with van der Waals surface area (Å²) in [6.45, 7) is 10.6. The van der Waals surface area contributed by atoms with Crippen LogP contribution in [0.3, 0.4) is 0 Å². The third kappa shape index (κ3) is 4.96. The van der Waals surface area contributed by atoms with E-state index in [1.165, 1.54) is 0 Å². The average molecular weight is 340 g/mol. The van der Waals surface area contributed by atoms with E-state index in [-0.39, 0.29) is 6.10 Å². The molecule has 1 aromatic heterocycles. The summed E-state index contributed by atoms with van der Waals surface area (Å²) in [7, 11) is 1.98. The largest absolute Gasteiger partial charge is 0.474 e. The fourth-order valence-corrected chi connectivity index (χ4v) is 1.88. The van der Waals surface area contributed by atoms with Gasteiger partial charge in [-0.1, -0.05) is 6.08 Å². The van der Waals surface area contributed by atoms with Gasteiger partial charge in [-0.15, -0.1) is 6.58 Å². The monoisotopic (exact) mass is 339 g/mol. The van der Waals surface area contributed by atoms with E-state index in [1.54, 1.807) is 6.34 Å². The molecule has 0 aromatic carbocycles. The Hall–Kier alpha value is -1.36. The highest BCUT2D eigenvalue weighted by Crippen LogP contribution is 2.30. The summed E-state index contributed by atoms with van der Waals surface area (Å²) in [4.78, 5) is 10.9. The van der Waals surface area contributed by atoms with Crippen molar-refractivity contribution in [3.05, 3.63) is 28.9 Å². The third-order valence-electron chi connectivity index (χ3n) is 2.81. The van der Waals surface area contributed by atoms with E-state index >= 15 is 0 Å². The summed E-state index contributed by atoms with van der Waals surface area (Å²) in [5.74, 6) is 0.597. The first-order valence-corrected chi connectivity index (χ1v) is 7.46. The first-order chi connectivity index (χ1) is 9.47. The Morgan fingerprint density at radius 3 is 2.90 bits per heavy atom. The maximum Gasteiger partial charge on any atom is 0.228 e. The molecule has 0 amide bonds. The second-order valence-electron chi connectivity index (χ2n) is 4.65. The highest BCUT2D eigenvalue weighted by molar-refractivity contribution is 9.10. The number of nitrogens with zero attached hydrogens (tertiary/aromatic N) is 3. The predicted octanol–water partition coefficient (Wildman–Crippen LogP) is 4.11. The van der Waals surface area contributed by atoms with E-state index in [9.17, 15) is 0 Å². The number of aliphatic imine (C=N–C) groups is 1. The molecule has 0 radical (unpaired) electrons. The highest BCUT2D eigenvalue weighted by atomic mass is 79.9. The lowest BCUT2D eigenvalue weighted by Gasteiger charge is -2.14. The molecule has 110 valence electrons. The summed E-state index contributed by atoms with van der Waals surface area (Å²) < 4.78 is 6.59. The van der Waals surface area contributed by atoms with Crippen LogP contribution in [0.1, 0.15) is 26.0 Å². The van der Waals surface area contributed by atoms with Gasteiger partial charge in [0.15, 0.2) is 0 Å². The van der Waals surface area contributed by atoms with Gasteiger partial charge in [0.2, 0.25) is 5.88 Å². The van der Waals surface area contributed by atoms with E-state index in [4.69, 9.17) is 4.74 Å². The normalized spacial score (nSPS) is 12.4. The zero-order valence-electron chi connectivity index (χ0n) is 12.6. The standard InChI is InChI=1S/C15H22BrN3O/c1-6-8-11(3)20-15-13(16)9-14(12(4)18-15)17-10-19(5)7-2/h6,9-11H,1,7-8H2,2-5H3/b17-10+/t11-/m0/s1. The molecule has 0 saturated heterocycles. The van der Waals surface area contributed by atoms with E-state index in [0.29, 0.717) is 5.88 Å². The molecule has 1 heterocycles. The van der Waals surface area contributed by atoms with E-state index in [1.807, 2.05) is 37.9 Å². The summed E-state index contributed by atoms with van der Waals surface area (Å²) in [5, 5.41) is 0. The molecule has 5 heteroatoms. The van der Waals surface area contributed by atoms with Gasteiger partial charge in [0.25, 0.3) is 0 Å². The van der Waals surface area contributed by atoms with Gasteiger partial charge < -0.3 is 9.64 Å². The lowest BCUT2D eigenvalue weighted by Crippen LogP contribution is -2.14.